The third-order valence-electron chi connectivity index (χ3n) is 1.23. The van der Waals surface area contributed by atoms with Gasteiger partial charge in [0.05, 0.1) is 4.92 Å². The average Bonchev–Trinajstić information content (AvgIpc) is 2.01. The summed E-state index contributed by atoms with van der Waals surface area (Å²) in [6.45, 7) is 0. The van der Waals surface area contributed by atoms with Crippen molar-refractivity contribution < 1.29 is 4.92 Å². The molecule has 0 atom stereocenters. The molecule has 0 spiro atoms. The van der Waals surface area contributed by atoms with Crippen molar-refractivity contribution in [3.8, 4) is 0 Å². The van der Waals surface area contributed by atoms with E-state index in [1.807, 2.05) is 10.4 Å². The molecular formula is C4H6N6O3. The Kier molecular flexibility index (Phi) is 2.11. The Labute approximate surface area is 70.9 Å². The van der Waals surface area contributed by atoms with Crippen LogP contribution in [-0.4, -0.2) is 14.9 Å². The summed E-state index contributed by atoms with van der Waals surface area (Å²) in [4.78, 5) is 25.8. The fourth-order valence-corrected chi connectivity index (χ4v) is 0.754. The molecule has 9 nitrogen and oxygen atoms in total. The number of hydrazine groups is 1. The predicted molar refractivity (Wildman–Crippen MR) is 43.7 cm³/mol. The van der Waals surface area contributed by atoms with Crippen LogP contribution < -0.4 is 22.6 Å². The molecule has 70 valence electrons. The number of nitro groups is 1. The second kappa shape index (κ2) is 3.06. The maximum absolute atomic E-state index is 10.9. The minimum absolute atomic E-state index is 0.247. The maximum Gasteiger partial charge on any atom is 0.377 e. The van der Waals surface area contributed by atoms with E-state index in [9.17, 15) is 14.9 Å². The van der Waals surface area contributed by atoms with Gasteiger partial charge in [-0.05, 0) is 0 Å². The minimum atomic E-state index is -0.953. The van der Waals surface area contributed by atoms with E-state index in [-0.39, 0.29) is 11.8 Å². The normalized spacial score (nSPS) is 9.62. The Hall–Kier alpha value is -2.16. The number of H-pyrrole nitrogens is 1. The van der Waals surface area contributed by atoms with Crippen LogP contribution in [0.2, 0.25) is 0 Å². The van der Waals surface area contributed by atoms with E-state index < -0.39 is 16.2 Å². The largest absolute Gasteiger partial charge is 0.377 e. The van der Waals surface area contributed by atoms with Crippen LogP contribution in [0.25, 0.3) is 0 Å². The van der Waals surface area contributed by atoms with Crippen molar-refractivity contribution in [1.82, 2.24) is 9.97 Å². The third-order valence-corrected chi connectivity index (χ3v) is 1.23. The van der Waals surface area contributed by atoms with Crippen molar-refractivity contribution in [1.29, 1.82) is 0 Å². The van der Waals surface area contributed by atoms with Crippen molar-refractivity contribution in [2.75, 3.05) is 11.2 Å². The summed E-state index contributed by atoms with van der Waals surface area (Å²) in [5.74, 6) is 4.28. The topological polar surface area (TPSA) is 153 Å². The van der Waals surface area contributed by atoms with Gasteiger partial charge in [0.15, 0.2) is 0 Å². The second-order valence-corrected chi connectivity index (χ2v) is 2.05. The van der Waals surface area contributed by atoms with Gasteiger partial charge in [0.25, 0.3) is 0 Å². The van der Waals surface area contributed by atoms with Crippen LogP contribution in [-0.2, 0) is 0 Å². The molecule has 0 aliphatic rings. The molecule has 0 radical (unpaired) electrons. The predicted octanol–water partition coefficient (Wildman–Crippen LogP) is -1.45. The van der Waals surface area contributed by atoms with Gasteiger partial charge in [0.1, 0.15) is 0 Å². The molecule has 9 heteroatoms. The number of nitrogen functional groups attached to an aromatic ring is 2. The number of nitrogens with one attached hydrogen (secondary N) is 2. The number of aromatic amines is 1. The van der Waals surface area contributed by atoms with Crippen molar-refractivity contribution in [2.45, 2.75) is 0 Å². The van der Waals surface area contributed by atoms with E-state index >= 15 is 0 Å². The summed E-state index contributed by atoms with van der Waals surface area (Å²) in [5, 5.41) is 10.3. The van der Waals surface area contributed by atoms with Crippen LogP contribution in [0.15, 0.2) is 4.79 Å². The summed E-state index contributed by atoms with van der Waals surface area (Å²) in [6.07, 6.45) is 0. The molecule has 0 aliphatic carbocycles. The smallest absolute Gasteiger partial charge is 0.369 e. The van der Waals surface area contributed by atoms with Crippen LogP contribution in [0.5, 0.6) is 0 Å². The SMILES string of the molecule is NNc1nc(N)[nH]c(=O)c1[N+](=O)[O-]. The molecule has 0 aliphatic heterocycles. The lowest BCUT2D eigenvalue weighted by atomic mass is 10.5. The second-order valence-electron chi connectivity index (χ2n) is 2.05. The summed E-state index contributed by atoms with van der Waals surface area (Å²) < 4.78 is 0. The molecule has 1 rings (SSSR count). The van der Waals surface area contributed by atoms with Crippen molar-refractivity contribution in [3.63, 3.8) is 0 Å². The molecule has 0 saturated heterocycles. The first-order chi connectivity index (χ1) is 6.06. The summed E-state index contributed by atoms with van der Waals surface area (Å²) in [6, 6.07) is 0. The highest BCUT2D eigenvalue weighted by Gasteiger charge is 2.20. The monoisotopic (exact) mass is 186 g/mol. The molecule has 0 aromatic carbocycles. The summed E-state index contributed by atoms with van der Waals surface area (Å²) >= 11 is 0. The van der Waals surface area contributed by atoms with E-state index in [0.29, 0.717) is 0 Å². The van der Waals surface area contributed by atoms with E-state index in [0.717, 1.165) is 0 Å². The molecule has 1 aromatic rings. The number of nitrogens with two attached hydrogens (primary N) is 2. The molecule has 6 N–H and O–H groups in total. The Morgan fingerprint density at radius 1 is 1.62 bits per heavy atom. The summed E-state index contributed by atoms with van der Waals surface area (Å²) in [5.41, 5.74) is 5.30. The molecule has 0 saturated carbocycles. The van der Waals surface area contributed by atoms with Gasteiger partial charge in [0, 0.05) is 0 Å². The van der Waals surface area contributed by atoms with Crippen LogP contribution in [0.4, 0.5) is 17.5 Å². The highest BCUT2D eigenvalue weighted by Crippen LogP contribution is 2.14. The highest BCUT2D eigenvalue weighted by molar-refractivity contribution is 5.55. The third kappa shape index (κ3) is 1.54. The van der Waals surface area contributed by atoms with Crippen molar-refractivity contribution in [2.24, 2.45) is 5.84 Å². The summed E-state index contributed by atoms with van der Waals surface area (Å²) in [7, 11) is 0. The van der Waals surface area contributed by atoms with Crippen molar-refractivity contribution in [3.05, 3.63) is 20.5 Å². The molecule has 1 aromatic heterocycles. The van der Waals surface area contributed by atoms with Crippen molar-refractivity contribution >= 4 is 17.5 Å². The molecular weight excluding hydrogens is 180 g/mol. The number of anilines is 2. The number of nitrogens with zero attached hydrogens (tertiary/aromatic N) is 2. The van der Waals surface area contributed by atoms with Crippen LogP contribution >= 0.6 is 0 Å². The van der Waals surface area contributed by atoms with Gasteiger partial charge in [-0.1, -0.05) is 0 Å². The Balaban J connectivity index is 3.48. The Morgan fingerprint density at radius 2 is 2.23 bits per heavy atom. The zero-order valence-corrected chi connectivity index (χ0v) is 6.27. The molecule has 1 heterocycles. The lowest BCUT2D eigenvalue weighted by Gasteiger charge is -1.99. The lowest BCUT2D eigenvalue weighted by Crippen LogP contribution is -2.21. The lowest BCUT2D eigenvalue weighted by molar-refractivity contribution is -0.385. The van der Waals surface area contributed by atoms with Gasteiger partial charge in [0.2, 0.25) is 11.8 Å². The highest BCUT2D eigenvalue weighted by atomic mass is 16.6. The molecule has 13 heavy (non-hydrogen) atoms. The Bertz CT molecular complexity index is 397. The van der Waals surface area contributed by atoms with Crippen LogP contribution in [0.1, 0.15) is 0 Å². The van der Waals surface area contributed by atoms with E-state index in [2.05, 4.69) is 4.98 Å². The van der Waals surface area contributed by atoms with E-state index in [4.69, 9.17) is 11.6 Å². The fourth-order valence-electron chi connectivity index (χ4n) is 0.754. The van der Waals surface area contributed by atoms with E-state index in [1.54, 1.807) is 0 Å². The van der Waals surface area contributed by atoms with Crippen LogP contribution in [0, 0.1) is 10.1 Å². The van der Waals surface area contributed by atoms with E-state index in [1.165, 1.54) is 0 Å². The van der Waals surface area contributed by atoms with Gasteiger partial charge in [-0.2, -0.15) is 4.98 Å². The zero-order chi connectivity index (χ0) is 10.0. The zero-order valence-electron chi connectivity index (χ0n) is 6.27. The maximum atomic E-state index is 10.9. The number of rotatable bonds is 2. The molecule has 0 amide bonds. The Morgan fingerprint density at radius 3 is 2.69 bits per heavy atom. The number of aromatic nitrogens is 2. The van der Waals surface area contributed by atoms with Gasteiger partial charge in [-0.3, -0.25) is 19.9 Å². The molecule has 0 unspecified atom stereocenters. The van der Waals surface area contributed by atoms with Gasteiger partial charge in [-0.15, -0.1) is 0 Å². The van der Waals surface area contributed by atoms with Crippen LogP contribution in [0.3, 0.4) is 0 Å². The first-order valence-electron chi connectivity index (χ1n) is 3.07. The first kappa shape index (κ1) is 8.93. The first-order valence-corrected chi connectivity index (χ1v) is 3.07. The molecule has 0 fully saturated rings. The number of hydrogen-bond donors (Lipinski definition) is 4. The van der Waals surface area contributed by atoms with Gasteiger partial charge < -0.3 is 11.2 Å². The van der Waals surface area contributed by atoms with Gasteiger partial charge in [-0.25, -0.2) is 5.84 Å². The quantitative estimate of drug-likeness (QED) is 0.250. The number of hydrogen-bond acceptors (Lipinski definition) is 7. The fraction of sp³-hybridized carbons (Fsp3) is 0. The standard InChI is InChI=1S/C4H6N6O3/c5-4-7-2(9-6)1(10(12)13)3(11)8-4/h6H2,(H4,5,7,8,9,11). The average molecular weight is 186 g/mol. The molecule has 0 bridgehead atoms. The minimum Gasteiger partial charge on any atom is -0.369 e. The van der Waals surface area contributed by atoms with Gasteiger partial charge >= 0.3 is 11.2 Å².